The monoisotopic (exact) mass is 242 g/mol. The van der Waals surface area contributed by atoms with Crippen molar-refractivity contribution >= 4 is 28.6 Å². The van der Waals surface area contributed by atoms with Gasteiger partial charge in [-0.25, -0.2) is 9.78 Å². The fraction of sp³-hybridized carbons (Fsp3) is 0.143. The molecule has 0 saturated heterocycles. The Morgan fingerprint density at radius 3 is 3.00 bits per heavy atom. The van der Waals surface area contributed by atoms with Gasteiger partial charge in [0, 0.05) is 17.7 Å². The van der Waals surface area contributed by atoms with Crippen LogP contribution in [-0.4, -0.2) is 17.6 Å². The number of nitrogens with two attached hydrogens (primary N) is 1. The summed E-state index contributed by atoms with van der Waals surface area (Å²) >= 11 is 0. The summed E-state index contributed by atoms with van der Waals surface area (Å²) < 4.78 is 4.81. The molecule has 1 heterocycles. The minimum atomic E-state index is -0.340. The molecule has 1 aromatic heterocycles. The number of esters is 1. The van der Waals surface area contributed by atoms with E-state index in [0.29, 0.717) is 12.4 Å². The van der Waals surface area contributed by atoms with Crippen LogP contribution in [-0.2, 0) is 9.53 Å². The molecule has 0 radical (unpaired) electrons. The van der Waals surface area contributed by atoms with Crippen molar-refractivity contribution in [2.75, 3.05) is 12.3 Å². The average molecular weight is 242 g/mol. The standard InChI is InChI=1S/C14H14N2O2/c1-2-18-14(17)6-4-10-3-5-11-8-13(15)16-9-12(11)7-10/h3-9H,2H2,1H3,(H2,15,16). The normalized spacial score (nSPS) is 10.9. The highest BCUT2D eigenvalue weighted by molar-refractivity contribution is 5.89. The summed E-state index contributed by atoms with van der Waals surface area (Å²) in [6.45, 7) is 2.15. The highest BCUT2D eigenvalue weighted by Crippen LogP contribution is 2.17. The van der Waals surface area contributed by atoms with E-state index in [2.05, 4.69) is 4.98 Å². The number of anilines is 1. The van der Waals surface area contributed by atoms with E-state index in [-0.39, 0.29) is 5.97 Å². The first-order valence-electron chi connectivity index (χ1n) is 5.69. The van der Waals surface area contributed by atoms with Gasteiger partial charge in [-0.05, 0) is 36.1 Å². The van der Waals surface area contributed by atoms with Gasteiger partial charge in [0.2, 0.25) is 0 Å². The Hall–Kier alpha value is -2.36. The van der Waals surface area contributed by atoms with Gasteiger partial charge in [-0.2, -0.15) is 0 Å². The summed E-state index contributed by atoms with van der Waals surface area (Å²) in [6.07, 6.45) is 4.84. The van der Waals surface area contributed by atoms with Gasteiger partial charge < -0.3 is 10.5 Å². The minimum Gasteiger partial charge on any atom is -0.463 e. The quantitative estimate of drug-likeness (QED) is 0.663. The summed E-state index contributed by atoms with van der Waals surface area (Å²) in [6, 6.07) is 7.61. The number of ether oxygens (including phenoxy) is 1. The van der Waals surface area contributed by atoms with Crippen LogP contribution in [0.25, 0.3) is 16.8 Å². The van der Waals surface area contributed by atoms with Crippen molar-refractivity contribution in [3.05, 3.63) is 42.1 Å². The number of carbonyl (C=O) groups is 1. The van der Waals surface area contributed by atoms with Crippen LogP contribution in [0.1, 0.15) is 12.5 Å². The molecule has 0 aliphatic carbocycles. The number of fused-ring (bicyclic) bond motifs is 1. The molecule has 2 aromatic rings. The first kappa shape index (κ1) is 12.1. The van der Waals surface area contributed by atoms with Gasteiger partial charge in [-0.15, -0.1) is 0 Å². The molecule has 0 aliphatic heterocycles. The fourth-order valence-electron chi connectivity index (χ4n) is 1.64. The van der Waals surface area contributed by atoms with E-state index in [1.807, 2.05) is 24.3 Å². The molecule has 0 unspecified atom stereocenters. The van der Waals surface area contributed by atoms with E-state index in [4.69, 9.17) is 10.5 Å². The number of hydrogen-bond donors (Lipinski definition) is 1. The lowest BCUT2D eigenvalue weighted by molar-refractivity contribution is -0.137. The molecule has 0 atom stereocenters. The molecule has 2 N–H and O–H groups in total. The molecule has 2 rings (SSSR count). The second kappa shape index (κ2) is 5.31. The minimum absolute atomic E-state index is 0.340. The van der Waals surface area contributed by atoms with Gasteiger partial charge in [0.1, 0.15) is 5.82 Å². The Bertz CT molecular complexity index is 606. The van der Waals surface area contributed by atoms with Crippen molar-refractivity contribution < 1.29 is 9.53 Å². The van der Waals surface area contributed by atoms with Crippen molar-refractivity contribution in [3.8, 4) is 0 Å². The van der Waals surface area contributed by atoms with E-state index >= 15 is 0 Å². The van der Waals surface area contributed by atoms with Crippen molar-refractivity contribution in [2.24, 2.45) is 0 Å². The largest absolute Gasteiger partial charge is 0.463 e. The first-order valence-corrected chi connectivity index (χ1v) is 5.69. The molecule has 18 heavy (non-hydrogen) atoms. The summed E-state index contributed by atoms with van der Waals surface area (Å²) in [5.41, 5.74) is 6.53. The highest BCUT2D eigenvalue weighted by atomic mass is 16.5. The lowest BCUT2D eigenvalue weighted by atomic mass is 10.1. The number of nitrogen functional groups attached to an aromatic ring is 1. The lowest BCUT2D eigenvalue weighted by Gasteiger charge is -2.00. The molecule has 92 valence electrons. The van der Waals surface area contributed by atoms with Gasteiger partial charge >= 0.3 is 5.97 Å². The van der Waals surface area contributed by atoms with E-state index < -0.39 is 0 Å². The van der Waals surface area contributed by atoms with Crippen LogP contribution in [0.4, 0.5) is 5.82 Å². The van der Waals surface area contributed by atoms with Crippen LogP contribution in [0.5, 0.6) is 0 Å². The first-order chi connectivity index (χ1) is 8.69. The molecule has 1 aromatic carbocycles. The van der Waals surface area contributed by atoms with Gasteiger partial charge in [0.05, 0.1) is 6.61 Å². The Kier molecular flexibility index (Phi) is 3.57. The Morgan fingerprint density at radius 2 is 2.22 bits per heavy atom. The van der Waals surface area contributed by atoms with Crippen molar-refractivity contribution in [1.82, 2.24) is 4.98 Å². The van der Waals surface area contributed by atoms with Crippen molar-refractivity contribution in [2.45, 2.75) is 6.92 Å². The second-order valence-corrected chi connectivity index (χ2v) is 3.80. The molecular weight excluding hydrogens is 228 g/mol. The molecular formula is C14H14N2O2. The summed E-state index contributed by atoms with van der Waals surface area (Å²) in [7, 11) is 0. The van der Waals surface area contributed by atoms with Gasteiger partial charge in [0.15, 0.2) is 0 Å². The number of rotatable bonds is 3. The van der Waals surface area contributed by atoms with Crippen LogP contribution in [0, 0.1) is 0 Å². The number of nitrogens with zero attached hydrogens (tertiary/aromatic N) is 1. The molecule has 0 fully saturated rings. The predicted octanol–water partition coefficient (Wildman–Crippen LogP) is 2.39. The van der Waals surface area contributed by atoms with Gasteiger partial charge in [-0.3, -0.25) is 0 Å². The van der Waals surface area contributed by atoms with Gasteiger partial charge in [0.25, 0.3) is 0 Å². The molecule has 4 nitrogen and oxygen atoms in total. The zero-order valence-corrected chi connectivity index (χ0v) is 10.1. The van der Waals surface area contributed by atoms with Crippen LogP contribution in [0.2, 0.25) is 0 Å². The summed E-state index contributed by atoms with van der Waals surface area (Å²) in [5.74, 6) is 0.158. The zero-order chi connectivity index (χ0) is 13.0. The van der Waals surface area contributed by atoms with Crippen LogP contribution in [0.15, 0.2) is 36.5 Å². The maximum Gasteiger partial charge on any atom is 0.330 e. The van der Waals surface area contributed by atoms with Crippen molar-refractivity contribution in [3.63, 3.8) is 0 Å². The SMILES string of the molecule is CCOC(=O)C=Cc1ccc2cc(N)ncc2c1. The number of pyridine rings is 1. The van der Waals surface area contributed by atoms with E-state index in [9.17, 15) is 4.79 Å². The Labute approximate surface area is 105 Å². The topological polar surface area (TPSA) is 65.2 Å². The molecule has 0 aliphatic rings. The highest BCUT2D eigenvalue weighted by Gasteiger charge is 1.97. The Balaban J connectivity index is 2.25. The number of carbonyl (C=O) groups excluding carboxylic acids is 1. The van der Waals surface area contributed by atoms with E-state index in [0.717, 1.165) is 16.3 Å². The summed E-state index contributed by atoms with van der Waals surface area (Å²) in [4.78, 5) is 15.2. The molecule has 0 amide bonds. The third-order valence-electron chi connectivity index (χ3n) is 2.47. The molecule has 0 saturated carbocycles. The maximum atomic E-state index is 11.2. The number of benzene rings is 1. The average Bonchev–Trinajstić information content (AvgIpc) is 2.36. The van der Waals surface area contributed by atoms with Crippen LogP contribution >= 0.6 is 0 Å². The number of hydrogen-bond acceptors (Lipinski definition) is 4. The Morgan fingerprint density at radius 1 is 1.39 bits per heavy atom. The second-order valence-electron chi connectivity index (χ2n) is 3.80. The lowest BCUT2D eigenvalue weighted by Crippen LogP contribution is -1.98. The fourth-order valence-corrected chi connectivity index (χ4v) is 1.64. The smallest absolute Gasteiger partial charge is 0.330 e. The number of aromatic nitrogens is 1. The molecule has 0 bridgehead atoms. The third-order valence-corrected chi connectivity index (χ3v) is 2.47. The van der Waals surface area contributed by atoms with Crippen molar-refractivity contribution in [1.29, 1.82) is 0 Å². The predicted molar refractivity (Wildman–Crippen MR) is 71.8 cm³/mol. The molecule has 0 spiro atoms. The zero-order valence-electron chi connectivity index (χ0n) is 10.1. The van der Waals surface area contributed by atoms with E-state index in [1.54, 1.807) is 19.2 Å². The van der Waals surface area contributed by atoms with E-state index in [1.165, 1.54) is 6.08 Å². The third kappa shape index (κ3) is 2.85. The van der Waals surface area contributed by atoms with Crippen LogP contribution in [0.3, 0.4) is 0 Å². The maximum absolute atomic E-state index is 11.2. The van der Waals surface area contributed by atoms with Gasteiger partial charge in [-0.1, -0.05) is 12.1 Å². The molecule has 4 heteroatoms. The van der Waals surface area contributed by atoms with Crippen LogP contribution < -0.4 is 5.73 Å². The summed E-state index contributed by atoms with van der Waals surface area (Å²) in [5, 5.41) is 2.01.